The Bertz CT molecular complexity index is 417. The zero-order chi connectivity index (χ0) is 13.5. The average Bonchev–Trinajstić information content (AvgIpc) is 2.36. The van der Waals surface area contributed by atoms with E-state index in [4.69, 9.17) is 11.5 Å². The van der Waals surface area contributed by atoms with E-state index in [2.05, 4.69) is 10.6 Å². The normalized spacial score (nSPS) is 11.7. The van der Waals surface area contributed by atoms with E-state index in [1.54, 1.807) is 31.2 Å². The molecular weight excluding hydrogens is 232 g/mol. The molecule has 6 nitrogen and oxygen atoms in total. The second-order valence-electron chi connectivity index (χ2n) is 4.04. The fourth-order valence-corrected chi connectivity index (χ4v) is 1.27. The molecule has 6 heteroatoms. The van der Waals surface area contributed by atoms with Crippen LogP contribution in [0.15, 0.2) is 24.3 Å². The van der Waals surface area contributed by atoms with Crippen LogP contribution in [0.4, 0.5) is 10.5 Å². The van der Waals surface area contributed by atoms with Gasteiger partial charge in [0, 0.05) is 24.7 Å². The van der Waals surface area contributed by atoms with Crippen molar-refractivity contribution in [1.82, 2.24) is 5.32 Å². The molecule has 1 rings (SSSR count). The van der Waals surface area contributed by atoms with Gasteiger partial charge in [-0.1, -0.05) is 19.1 Å². The molecule has 18 heavy (non-hydrogen) atoms. The highest BCUT2D eigenvalue weighted by molar-refractivity contribution is 5.92. The first-order valence-corrected chi connectivity index (χ1v) is 5.66. The van der Waals surface area contributed by atoms with Crippen LogP contribution in [0.25, 0.3) is 0 Å². The van der Waals surface area contributed by atoms with Crippen LogP contribution < -0.4 is 22.1 Å². The van der Waals surface area contributed by atoms with Gasteiger partial charge in [-0.2, -0.15) is 0 Å². The van der Waals surface area contributed by atoms with Gasteiger partial charge in [0.05, 0.1) is 0 Å². The van der Waals surface area contributed by atoms with Gasteiger partial charge in [-0.15, -0.1) is 0 Å². The predicted molar refractivity (Wildman–Crippen MR) is 69.7 cm³/mol. The number of rotatable bonds is 5. The quantitative estimate of drug-likeness (QED) is 0.606. The summed E-state index contributed by atoms with van der Waals surface area (Å²) in [5, 5.41) is 5.24. The lowest BCUT2D eigenvalue weighted by Gasteiger charge is -2.10. The third kappa shape index (κ3) is 4.42. The Labute approximate surface area is 106 Å². The first kappa shape index (κ1) is 14.0. The van der Waals surface area contributed by atoms with Crippen molar-refractivity contribution in [3.05, 3.63) is 29.8 Å². The van der Waals surface area contributed by atoms with E-state index >= 15 is 0 Å². The smallest absolute Gasteiger partial charge is 0.312 e. The molecule has 0 heterocycles. The summed E-state index contributed by atoms with van der Waals surface area (Å²) in [6.07, 6.45) is 0. The van der Waals surface area contributed by atoms with Crippen LogP contribution in [0.2, 0.25) is 0 Å². The summed E-state index contributed by atoms with van der Waals surface area (Å²) in [7, 11) is 0. The number of hydrogen-bond donors (Lipinski definition) is 4. The molecule has 1 atom stereocenters. The van der Waals surface area contributed by atoms with Crippen LogP contribution >= 0.6 is 0 Å². The van der Waals surface area contributed by atoms with Crippen LogP contribution in [0.3, 0.4) is 0 Å². The molecule has 0 aliphatic carbocycles. The molecule has 6 N–H and O–H groups in total. The lowest BCUT2D eigenvalue weighted by atomic mass is 10.1. The van der Waals surface area contributed by atoms with E-state index in [9.17, 15) is 9.59 Å². The molecule has 98 valence electrons. The zero-order valence-electron chi connectivity index (χ0n) is 10.3. The Hall–Kier alpha value is -2.08. The summed E-state index contributed by atoms with van der Waals surface area (Å²) < 4.78 is 0. The van der Waals surface area contributed by atoms with E-state index in [0.717, 1.165) is 5.56 Å². The number of hydrogen-bond acceptors (Lipinski definition) is 3. The molecule has 0 saturated heterocycles. The largest absolute Gasteiger partial charge is 0.352 e. The monoisotopic (exact) mass is 250 g/mol. The first-order valence-electron chi connectivity index (χ1n) is 5.66. The zero-order valence-corrected chi connectivity index (χ0v) is 10.3. The Morgan fingerprint density at radius 3 is 2.39 bits per heavy atom. The van der Waals surface area contributed by atoms with Crippen molar-refractivity contribution in [2.24, 2.45) is 17.4 Å². The third-order valence-corrected chi connectivity index (χ3v) is 2.49. The van der Waals surface area contributed by atoms with Gasteiger partial charge in [0.15, 0.2) is 0 Å². The maximum atomic E-state index is 11.6. The molecule has 0 bridgehead atoms. The fourth-order valence-electron chi connectivity index (χ4n) is 1.27. The Balaban J connectivity index is 2.55. The van der Waals surface area contributed by atoms with E-state index in [1.807, 2.05) is 0 Å². The summed E-state index contributed by atoms with van der Waals surface area (Å²) in [6, 6.07) is 6.57. The molecule has 0 aliphatic rings. The van der Waals surface area contributed by atoms with Crippen LogP contribution in [0, 0.1) is 5.92 Å². The van der Waals surface area contributed by atoms with Crippen LogP contribution in [0.1, 0.15) is 12.5 Å². The molecule has 0 aromatic heterocycles. The number of benzene rings is 1. The van der Waals surface area contributed by atoms with Crippen molar-refractivity contribution in [3.8, 4) is 0 Å². The van der Waals surface area contributed by atoms with Crippen LogP contribution in [-0.2, 0) is 11.3 Å². The van der Waals surface area contributed by atoms with Crippen LogP contribution in [-0.4, -0.2) is 18.5 Å². The van der Waals surface area contributed by atoms with Crippen molar-refractivity contribution in [2.45, 2.75) is 13.5 Å². The number of primary amides is 1. The van der Waals surface area contributed by atoms with E-state index in [1.165, 1.54) is 0 Å². The molecule has 1 aromatic carbocycles. The van der Waals surface area contributed by atoms with Gasteiger partial charge < -0.3 is 22.1 Å². The van der Waals surface area contributed by atoms with Gasteiger partial charge in [-0.3, -0.25) is 4.79 Å². The van der Waals surface area contributed by atoms with Gasteiger partial charge in [0.2, 0.25) is 5.91 Å². The SMILES string of the molecule is CC(CN)C(=O)Nc1ccc(CNC(N)=O)cc1. The highest BCUT2D eigenvalue weighted by Crippen LogP contribution is 2.10. The molecule has 0 spiro atoms. The average molecular weight is 250 g/mol. The molecule has 1 aromatic rings. The number of carbonyl (C=O) groups is 2. The standard InChI is InChI=1S/C12H18N4O2/c1-8(6-13)11(17)16-10-4-2-9(3-5-10)7-15-12(14)18/h2-5,8H,6-7,13H2,1H3,(H,16,17)(H3,14,15,18). The number of anilines is 1. The first-order chi connectivity index (χ1) is 8.52. The van der Waals surface area contributed by atoms with Gasteiger partial charge in [-0.25, -0.2) is 4.79 Å². The summed E-state index contributed by atoms with van der Waals surface area (Å²) >= 11 is 0. The Kier molecular flexibility index (Phi) is 5.13. The minimum absolute atomic E-state index is 0.111. The number of urea groups is 1. The summed E-state index contributed by atoms with van der Waals surface area (Å²) in [5.74, 6) is -0.332. The predicted octanol–water partition coefficient (Wildman–Crippen LogP) is 0.388. The minimum Gasteiger partial charge on any atom is -0.352 e. The van der Waals surface area contributed by atoms with E-state index in [-0.39, 0.29) is 11.8 Å². The molecular formula is C12H18N4O2. The highest BCUT2D eigenvalue weighted by atomic mass is 16.2. The van der Waals surface area contributed by atoms with Crippen molar-refractivity contribution in [1.29, 1.82) is 0 Å². The third-order valence-electron chi connectivity index (χ3n) is 2.49. The number of amides is 3. The molecule has 1 unspecified atom stereocenters. The van der Waals surface area contributed by atoms with Crippen molar-refractivity contribution < 1.29 is 9.59 Å². The fraction of sp³-hybridized carbons (Fsp3) is 0.333. The number of nitrogens with two attached hydrogens (primary N) is 2. The second kappa shape index (κ2) is 6.61. The topological polar surface area (TPSA) is 110 Å². The number of nitrogens with one attached hydrogen (secondary N) is 2. The van der Waals surface area contributed by atoms with E-state index in [0.29, 0.717) is 18.8 Å². The molecule has 0 saturated carbocycles. The lowest BCUT2D eigenvalue weighted by molar-refractivity contribution is -0.119. The Morgan fingerprint density at radius 1 is 1.28 bits per heavy atom. The van der Waals surface area contributed by atoms with Gasteiger partial charge >= 0.3 is 6.03 Å². The lowest BCUT2D eigenvalue weighted by Crippen LogP contribution is -2.28. The van der Waals surface area contributed by atoms with Gasteiger partial charge in [-0.05, 0) is 17.7 Å². The van der Waals surface area contributed by atoms with Crippen molar-refractivity contribution in [2.75, 3.05) is 11.9 Å². The number of carbonyl (C=O) groups excluding carboxylic acids is 2. The maximum absolute atomic E-state index is 11.6. The van der Waals surface area contributed by atoms with E-state index < -0.39 is 6.03 Å². The highest BCUT2D eigenvalue weighted by Gasteiger charge is 2.10. The summed E-state index contributed by atoms with van der Waals surface area (Å²) in [5.41, 5.74) is 12.0. The second-order valence-corrected chi connectivity index (χ2v) is 4.04. The summed E-state index contributed by atoms with van der Waals surface area (Å²) in [4.78, 5) is 22.1. The maximum Gasteiger partial charge on any atom is 0.312 e. The minimum atomic E-state index is -0.566. The molecule has 0 aliphatic heterocycles. The van der Waals surface area contributed by atoms with Gasteiger partial charge in [0.25, 0.3) is 0 Å². The Morgan fingerprint density at radius 2 is 1.89 bits per heavy atom. The van der Waals surface area contributed by atoms with Crippen molar-refractivity contribution in [3.63, 3.8) is 0 Å². The molecule has 3 amide bonds. The molecule has 0 radical (unpaired) electrons. The van der Waals surface area contributed by atoms with Gasteiger partial charge in [0.1, 0.15) is 0 Å². The van der Waals surface area contributed by atoms with Crippen LogP contribution in [0.5, 0.6) is 0 Å². The summed E-state index contributed by atoms with van der Waals surface area (Å²) in [6.45, 7) is 2.44. The van der Waals surface area contributed by atoms with Crippen molar-refractivity contribution >= 4 is 17.6 Å². The molecule has 0 fully saturated rings.